The lowest BCUT2D eigenvalue weighted by Crippen LogP contribution is -2.26. The topological polar surface area (TPSA) is 30.7 Å². The minimum absolute atomic E-state index is 0.343. The fraction of sp³-hybridized carbons (Fsp3) is 0.833. The maximum atomic E-state index is 12.9. The van der Waals surface area contributed by atoms with Crippen LogP contribution in [0.1, 0.15) is 68.1 Å². The summed E-state index contributed by atoms with van der Waals surface area (Å²) in [4.78, 5) is 0. The van der Waals surface area contributed by atoms with E-state index in [9.17, 15) is 4.39 Å². The van der Waals surface area contributed by atoms with E-state index in [1.165, 1.54) is 31.5 Å². The summed E-state index contributed by atoms with van der Waals surface area (Å²) < 4.78 is 15.3. The first-order valence-electron chi connectivity index (χ1n) is 6.41. The molecule has 3 aliphatic rings. The van der Waals surface area contributed by atoms with E-state index in [1.54, 1.807) is 0 Å². The quantitative estimate of drug-likeness (QED) is 0.785. The van der Waals surface area contributed by atoms with Crippen molar-refractivity contribution < 1.29 is 4.39 Å². The number of hydrogen-bond acceptors (Lipinski definition) is 2. The Hall–Kier alpha value is -0.930. The van der Waals surface area contributed by atoms with Crippen LogP contribution in [-0.4, -0.2) is 20.9 Å². The van der Waals surface area contributed by atoms with E-state index < -0.39 is 6.17 Å². The first kappa shape index (κ1) is 9.14. The predicted molar refractivity (Wildman–Crippen MR) is 57.1 cm³/mol. The van der Waals surface area contributed by atoms with Gasteiger partial charge in [0.1, 0.15) is 17.8 Å². The summed E-state index contributed by atoms with van der Waals surface area (Å²) in [7, 11) is 0. The van der Waals surface area contributed by atoms with Gasteiger partial charge >= 0.3 is 0 Å². The zero-order valence-corrected chi connectivity index (χ0v) is 9.27. The molecule has 0 aromatic carbocycles. The molecule has 0 unspecified atom stereocenters. The van der Waals surface area contributed by atoms with Crippen molar-refractivity contribution >= 4 is 0 Å². The van der Waals surface area contributed by atoms with Gasteiger partial charge in [-0.15, -0.1) is 10.2 Å². The third kappa shape index (κ3) is 1.31. The van der Waals surface area contributed by atoms with Gasteiger partial charge in [-0.25, -0.2) is 4.39 Å². The Morgan fingerprint density at radius 3 is 2.06 bits per heavy atom. The summed E-state index contributed by atoms with van der Waals surface area (Å²) in [6, 6.07) is 0.638. The lowest BCUT2D eigenvalue weighted by atomic mass is 9.83. The molecule has 0 amide bonds. The van der Waals surface area contributed by atoms with Crippen LogP contribution in [0.5, 0.6) is 0 Å². The van der Waals surface area contributed by atoms with Crippen molar-refractivity contribution in [1.82, 2.24) is 14.8 Å². The Bertz CT molecular complexity index is 414. The predicted octanol–water partition coefficient (Wildman–Crippen LogP) is 2.71. The Labute approximate surface area is 94.1 Å². The van der Waals surface area contributed by atoms with Gasteiger partial charge in [0.2, 0.25) is 0 Å². The summed E-state index contributed by atoms with van der Waals surface area (Å²) in [5.41, 5.74) is 0. The Balaban J connectivity index is 1.69. The van der Waals surface area contributed by atoms with Crippen molar-refractivity contribution in [2.75, 3.05) is 0 Å². The van der Waals surface area contributed by atoms with Gasteiger partial charge in [-0.3, -0.25) is 0 Å². The second kappa shape index (κ2) is 3.05. The minimum Gasteiger partial charge on any atom is -0.311 e. The third-order valence-electron chi connectivity index (χ3n) is 4.05. The molecule has 1 aromatic heterocycles. The van der Waals surface area contributed by atoms with Crippen molar-refractivity contribution in [2.24, 2.45) is 0 Å². The molecule has 3 nitrogen and oxygen atoms in total. The van der Waals surface area contributed by atoms with Gasteiger partial charge in [0.15, 0.2) is 0 Å². The molecule has 3 fully saturated rings. The highest BCUT2D eigenvalue weighted by Gasteiger charge is 2.41. The van der Waals surface area contributed by atoms with Crippen molar-refractivity contribution in [3.05, 3.63) is 11.6 Å². The van der Waals surface area contributed by atoms with Crippen LogP contribution < -0.4 is 0 Å². The summed E-state index contributed by atoms with van der Waals surface area (Å²) in [6.07, 6.45) is 5.78. The monoisotopic (exact) mass is 221 g/mol. The van der Waals surface area contributed by atoms with E-state index >= 15 is 0 Å². The third-order valence-corrected chi connectivity index (χ3v) is 4.05. The molecule has 0 spiro atoms. The number of nitrogens with zero attached hydrogens (tertiary/aromatic N) is 3. The maximum Gasteiger partial charge on any atom is 0.136 e. The van der Waals surface area contributed by atoms with Crippen LogP contribution in [0.15, 0.2) is 0 Å². The lowest BCUT2D eigenvalue weighted by Gasteiger charge is -2.29. The number of hydrogen-bond donors (Lipinski definition) is 0. The molecule has 3 aliphatic carbocycles. The van der Waals surface area contributed by atoms with E-state index in [4.69, 9.17) is 0 Å². The van der Waals surface area contributed by atoms with Crippen LogP contribution in [0.2, 0.25) is 0 Å². The first-order valence-corrected chi connectivity index (χ1v) is 6.41. The largest absolute Gasteiger partial charge is 0.311 e. The Morgan fingerprint density at radius 2 is 1.56 bits per heavy atom. The standard InChI is InChI=1S/C12H16FN3/c13-9-5-8(6-9)12-15-14-11(7-1-2-7)16(12)10-3-4-10/h7-10H,1-6H2. The van der Waals surface area contributed by atoms with Gasteiger partial charge in [-0.05, 0) is 38.5 Å². The van der Waals surface area contributed by atoms with Gasteiger partial charge in [-0.2, -0.15) is 0 Å². The second-order valence-corrected chi connectivity index (χ2v) is 5.56. The summed E-state index contributed by atoms with van der Waals surface area (Å²) in [5, 5.41) is 8.70. The molecule has 4 heteroatoms. The SMILES string of the molecule is FC1CC(c2nnc(C3CC3)n2C2CC2)C1. The summed E-state index contributed by atoms with van der Waals surface area (Å²) in [5.74, 6) is 3.27. The van der Waals surface area contributed by atoms with E-state index in [1.807, 2.05) is 0 Å². The van der Waals surface area contributed by atoms with E-state index in [0.717, 1.165) is 5.82 Å². The van der Waals surface area contributed by atoms with Crippen LogP contribution in [-0.2, 0) is 0 Å². The second-order valence-electron chi connectivity index (χ2n) is 5.56. The van der Waals surface area contributed by atoms with Gasteiger partial charge in [-0.1, -0.05) is 0 Å². The number of halogens is 1. The van der Waals surface area contributed by atoms with Crippen LogP contribution in [0.25, 0.3) is 0 Å². The van der Waals surface area contributed by atoms with E-state index in [-0.39, 0.29) is 0 Å². The fourth-order valence-corrected chi connectivity index (χ4v) is 2.68. The Morgan fingerprint density at radius 1 is 0.938 bits per heavy atom. The van der Waals surface area contributed by atoms with Crippen molar-refractivity contribution in [3.63, 3.8) is 0 Å². The van der Waals surface area contributed by atoms with Gasteiger partial charge in [0.25, 0.3) is 0 Å². The highest BCUT2D eigenvalue weighted by atomic mass is 19.1. The zero-order valence-electron chi connectivity index (χ0n) is 9.27. The molecule has 1 aromatic rings. The maximum absolute atomic E-state index is 12.9. The average Bonchev–Trinajstić information content (AvgIpc) is 3.11. The molecule has 86 valence electrons. The van der Waals surface area contributed by atoms with Crippen LogP contribution >= 0.6 is 0 Å². The van der Waals surface area contributed by atoms with Crippen LogP contribution in [0, 0.1) is 0 Å². The molecule has 0 radical (unpaired) electrons. The molecule has 0 saturated heterocycles. The molecular formula is C12H16FN3. The van der Waals surface area contributed by atoms with Gasteiger partial charge in [0, 0.05) is 17.9 Å². The molecular weight excluding hydrogens is 205 g/mol. The smallest absolute Gasteiger partial charge is 0.136 e. The average molecular weight is 221 g/mol. The fourth-order valence-electron chi connectivity index (χ4n) is 2.68. The van der Waals surface area contributed by atoms with Crippen LogP contribution in [0.4, 0.5) is 4.39 Å². The number of aromatic nitrogens is 3. The highest BCUT2D eigenvalue weighted by Crippen LogP contribution is 2.48. The molecule has 0 atom stereocenters. The summed E-state index contributed by atoms with van der Waals surface area (Å²) in [6.45, 7) is 0. The molecule has 0 N–H and O–H groups in total. The van der Waals surface area contributed by atoms with Gasteiger partial charge in [0.05, 0.1) is 0 Å². The lowest BCUT2D eigenvalue weighted by molar-refractivity contribution is 0.170. The molecule has 1 heterocycles. The first-order chi connectivity index (χ1) is 7.83. The van der Waals surface area contributed by atoms with Crippen molar-refractivity contribution in [2.45, 2.75) is 62.6 Å². The van der Waals surface area contributed by atoms with Crippen LogP contribution in [0.3, 0.4) is 0 Å². The molecule has 0 bridgehead atoms. The normalized spacial score (nSPS) is 33.8. The molecule has 16 heavy (non-hydrogen) atoms. The molecule has 4 rings (SSSR count). The minimum atomic E-state index is -0.598. The molecule has 0 aliphatic heterocycles. The molecule has 3 saturated carbocycles. The van der Waals surface area contributed by atoms with E-state index in [2.05, 4.69) is 14.8 Å². The van der Waals surface area contributed by atoms with Crippen molar-refractivity contribution in [3.8, 4) is 0 Å². The van der Waals surface area contributed by atoms with Crippen molar-refractivity contribution in [1.29, 1.82) is 0 Å². The zero-order chi connectivity index (χ0) is 10.7. The van der Waals surface area contributed by atoms with E-state index in [0.29, 0.717) is 30.7 Å². The number of alkyl halides is 1. The summed E-state index contributed by atoms with van der Waals surface area (Å²) >= 11 is 0. The van der Waals surface area contributed by atoms with Gasteiger partial charge < -0.3 is 4.57 Å². The number of rotatable bonds is 3. The highest BCUT2D eigenvalue weighted by molar-refractivity contribution is 5.16. The Kier molecular flexibility index (Phi) is 1.74.